The van der Waals surface area contributed by atoms with Gasteiger partial charge in [-0.1, -0.05) is 0 Å². The zero-order valence-corrected chi connectivity index (χ0v) is 18.8. The van der Waals surface area contributed by atoms with Crippen molar-refractivity contribution in [2.24, 2.45) is 0 Å². The summed E-state index contributed by atoms with van der Waals surface area (Å²) in [5, 5.41) is 9.47. The van der Waals surface area contributed by atoms with E-state index < -0.39 is 11.6 Å². The molecule has 0 atom stereocenters. The van der Waals surface area contributed by atoms with Crippen molar-refractivity contribution in [2.45, 2.75) is 31.7 Å². The Morgan fingerprint density at radius 1 is 1.06 bits per heavy atom. The number of hydrogen-bond donors (Lipinski definition) is 1. The van der Waals surface area contributed by atoms with Crippen LogP contribution >= 0.6 is 0 Å². The number of likely N-dealkylation sites (tertiary alicyclic amines) is 1. The average Bonchev–Trinajstić information content (AvgIpc) is 3.24. The molecule has 0 saturated carbocycles. The fraction of sp³-hybridized carbons (Fsp3) is 0.417. The Balaban J connectivity index is 1.38. The molecular formula is C24H26F2N8. The summed E-state index contributed by atoms with van der Waals surface area (Å²) >= 11 is 0. The Labute approximate surface area is 196 Å². The highest BCUT2D eigenvalue weighted by Crippen LogP contribution is 2.33. The quantitative estimate of drug-likeness (QED) is 0.598. The van der Waals surface area contributed by atoms with E-state index in [2.05, 4.69) is 30.4 Å². The molecule has 5 rings (SSSR count). The molecule has 2 saturated heterocycles. The lowest BCUT2D eigenvalue weighted by atomic mass is 9.95. The second-order valence-electron chi connectivity index (χ2n) is 8.83. The van der Waals surface area contributed by atoms with Crippen molar-refractivity contribution >= 4 is 11.6 Å². The molecule has 0 unspecified atom stereocenters. The number of nitrogens with two attached hydrogens (primary N) is 1. The lowest BCUT2D eigenvalue weighted by Crippen LogP contribution is -2.39. The third-order valence-corrected chi connectivity index (χ3v) is 6.76. The van der Waals surface area contributed by atoms with Crippen LogP contribution in [0.5, 0.6) is 0 Å². The monoisotopic (exact) mass is 464 g/mol. The molecule has 0 amide bonds. The minimum absolute atomic E-state index is 0.187. The standard InChI is InChI=1S/C24H26F2N8/c25-19-3-2-17(12-20(19)26)21-14-34(11-10-32-6-1-7-32)23(31-21)16-4-8-33(9-5-16)24-18(13-27)22(28)29-15-30-24/h2-3,12,14-16H,1,4-11H2,(H2,28,29,30). The van der Waals surface area contributed by atoms with E-state index in [1.807, 2.05) is 6.20 Å². The molecule has 0 spiro atoms. The van der Waals surface area contributed by atoms with Crippen LogP contribution in [0.25, 0.3) is 11.3 Å². The van der Waals surface area contributed by atoms with Crippen LogP contribution in [0.15, 0.2) is 30.7 Å². The van der Waals surface area contributed by atoms with Gasteiger partial charge in [-0.2, -0.15) is 5.26 Å². The van der Waals surface area contributed by atoms with Gasteiger partial charge in [0.25, 0.3) is 0 Å². The number of anilines is 2. The van der Waals surface area contributed by atoms with Crippen LogP contribution in [-0.2, 0) is 6.54 Å². The zero-order valence-electron chi connectivity index (χ0n) is 18.8. The molecule has 2 aromatic heterocycles. The van der Waals surface area contributed by atoms with Crippen molar-refractivity contribution in [3.8, 4) is 17.3 Å². The van der Waals surface area contributed by atoms with E-state index in [4.69, 9.17) is 10.7 Å². The van der Waals surface area contributed by atoms with E-state index in [0.717, 1.165) is 50.9 Å². The van der Waals surface area contributed by atoms with Crippen molar-refractivity contribution in [3.63, 3.8) is 0 Å². The second-order valence-corrected chi connectivity index (χ2v) is 8.83. The number of hydrogen-bond acceptors (Lipinski definition) is 7. The van der Waals surface area contributed by atoms with Crippen LogP contribution in [0.4, 0.5) is 20.4 Å². The molecule has 176 valence electrons. The summed E-state index contributed by atoms with van der Waals surface area (Å²) in [6.07, 6.45) is 6.22. The number of halogens is 2. The summed E-state index contributed by atoms with van der Waals surface area (Å²) in [6.45, 7) is 5.37. The molecule has 8 nitrogen and oxygen atoms in total. The number of benzene rings is 1. The van der Waals surface area contributed by atoms with Gasteiger partial charge in [0.1, 0.15) is 29.6 Å². The molecule has 2 aliphatic heterocycles. The summed E-state index contributed by atoms with van der Waals surface area (Å²) < 4.78 is 29.5. The number of rotatable bonds is 6. The van der Waals surface area contributed by atoms with Gasteiger partial charge in [0.15, 0.2) is 17.5 Å². The Morgan fingerprint density at radius 3 is 2.53 bits per heavy atom. The van der Waals surface area contributed by atoms with Gasteiger partial charge in [-0.15, -0.1) is 0 Å². The maximum absolute atomic E-state index is 13.9. The van der Waals surface area contributed by atoms with Crippen LogP contribution < -0.4 is 10.6 Å². The van der Waals surface area contributed by atoms with Gasteiger partial charge in [-0.05, 0) is 50.6 Å². The van der Waals surface area contributed by atoms with Crippen molar-refractivity contribution in [1.82, 2.24) is 24.4 Å². The first kappa shape index (κ1) is 22.2. The molecule has 3 aromatic rings. The van der Waals surface area contributed by atoms with Crippen molar-refractivity contribution < 1.29 is 8.78 Å². The lowest BCUT2D eigenvalue weighted by Gasteiger charge is -2.34. The van der Waals surface area contributed by atoms with Gasteiger partial charge >= 0.3 is 0 Å². The van der Waals surface area contributed by atoms with Gasteiger partial charge in [-0.25, -0.2) is 23.7 Å². The minimum atomic E-state index is -0.875. The summed E-state index contributed by atoms with van der Waals surface area (Å²) in [5.41, 5.74) is 7.38. The first-order valence-corrected chi connectivity index (χ1v) is 11.5. The number of imidazole rings is 1. The van der Waals surface area contributed by atoms with E-state index in [0.29, 0.717) is 35.7 Å². The van der Waals surface area contributed by atoms with Crippen LogP contribution in [0, 0.1) is 23.0 Å². The fourth-order valence-corrected chi connectivity index (χ4v) is 4.67. The Morgan fingerprint density at radius 2 is 1.85 bits per heavy atom. The molecule has 4 heterocycles. The molecule has 1 aromatic carbocycles. The third-order valence-electron chi connectivity index (χ3n) is 6.76. The highest BCUT2D eigenvalue weighted by atomic mass is 19.2. The highest BCUT2D eigenvalue weighted by molar-refractivity contribution is 5.63. The average molecular weight is 465 g/mol. The summed E-state index contributed by atoms with van der Waals surface area (Å²) in [6, 6.07) is 6.02. The lowest BCUT2D eigenvalue weighted by molar-refractivity contribution is 0.173. The van der Waals surface area contributed by atoms with E-state index in [9.17, 15) is 14.0 Å². The van der Waals surface area contributed by atoms with Gasteiger partial charge in [0.2, 0.25) is 0 Å². The van der Waals surface area contributed by atoms with Gasteiger partial charge in [-0.3, -0.25) is 0 Å². The van der Waals surface area contributed by atoms with Gasteiger partial charge in [0.05, 0.1) is 5.69 Å². The van der Waals surface area contributed by atoms with E-state index in [1.165, 1.54) is 18.8 Å². The van der Waals surface area contributed by atoms with Gasteiger partial charge < -0.3 is 20.1 Å². The number of piperidine rings is 1. The maximum Gasteiger partial charge on any atom is 0.159 e. The maximum atomic E-state index is 13.9. The topological polar surface area (TPSA) is 99.9 Å². The first-order valence-electron chi connectivity index (χ1n) is 11.5. The Bertz CT molecular complexity index is 1220. The molecule has 0 bridgehead atoms. The Hall–Kier alpha value is -3.58. The van der Waals surface area contributed by atoms with Crippen molar-refractivity contribution in [3.05, 3.63) is 53.7 Å². The van der Waals surface area contributed by atoms with Crippen LogP contribution in [-0.4, -0.2) is 57.1 Å². The molecule has 0 aliphatic carbocycles. The number of nitriles is 1. The molecule has 2 aliphatic rings. The SMILES string of the molecule is N#Cc1c(N)ncnc1N1CCC(c2nc(-c3ccc(F)c(F)c3)cn2CCN2CCC2)CC1. The van der Waals surface area contributed by atoms with E-state index in [1.54, 1.807) is 6.07 Å². The van der Waals surface area contributed by atoms with Crippen LogP contribution in [0.1, 0.15) is 36.6 Å². The van der Waals surface area contributed by atoms with Crippen molar-refractivity contribution in [1.29, 1.82) is 5.26 Å². The third kappa shape index (κ3) is 4.31. The number of nitrogen functional groups attached to an aromatic ring is 1. The normalized spacial score (nSPS) is 16.9. The number of aromatic nitrogens is 4. The van der Waals surface area contributed by atoms with E-state index >= 15 is 0 Å². The predicted molar refractivity (Wildman–Crippen MR) is 124 cm³/mol. The zero-order chi connectivity index (χ0) is 23.7. The largest absolute Gasteiger partial charge is 0.382 e. The molecule has 0 radical (unpaired) electrons. The second kappa shape index (κ2) is 9.35. The molecule has 2 N–H and O–H groups in total. The van der Waals surface area contributed by atoms with Gasteiger partial charge in [0, 0.05) is 43.9 Å². The summed E-state index contributed by atoms with van der Waals surface area (Å²) in [7, 11) is 0. The molecular weight excluding hydrogens is 438 g/mol. The summed E-state index contributed by atoms with van der Waals surface area (Å²) in [5.74, 6) is 0.180. The molecule has 34 heavy (non-hydrogen) atoms. The van der Waals surface area contributed by atoms with Crippen LogP contribution in [0.2, 0.25) is 0 Å². The predicted octanol–water partition coefficient (Wildman–Crippen LogP) is 3.16. The smallest absolute Gasteiger partial charge is 0.159 e. The molecule has 2 fully saturated rings. The highest BCUT2D eigenvalue weighted by Gasteiger charge is 2.28. The minimum Gasteiger partial charge on any atom is -0.382 e. The Kier molecular flexibility index (Phi) is 6.11. The van der Waals surface area contributed by atoms with Crippen molar-refractivity contribution in [2.75, 3.05) is 43.4 Å². The van der Waals surface area contributed by atoms with E-state index in [-0.39, 0.29) is 11.7 Å². The number of nitrogens with zero attached hydrogens (tertiary/aromatic N) is 7. The van der Waals surface area contributed by atoms with Crippen LogP contribution in [0.3, 0.4) is 0 Å². The molecule has 10 heteroatoms. The fourth-order valence-electron chi connectivity index (χ4n) is 4.67. The summed E-state index contributed by atoms with van der Waals surface area (Å²) in [4.78, 5) is 17.6. The first-order chi connectivity index (χ1) is 16.5.